The summed E-state index contributed by atoms with van der Waals surface area (Å²) in [5.41, 5.74) is 5.52. The van der Waals surface area contributed by atoms with Gasteiger partial charge in [-0.25, -0.2) is 4.99 Å². The number of benzene rings is 1. The summed E-state index contributed by atoms with van der Waals surface area (Å²) in [6.45, 7) is 8.51. The van der Waals surface area contributed by atoms with Gasteiger partial charge in [0.1, 0.15) is 0 Å². The summed E-state index contributed by atoms with van der Waals surface area (Å²) in [5, 5.41) is 1.31. The maximum absolute atomic E-state index is 5.86. The van der Waals surface area contributed by atoms with Crippen LogP contribution < -0.4 is 0 Å². The lowest BCUT2D eigenvalue weighted by molar-refractivity contribution is 0.0561. The highest BCUT2D eigenvalue weighted by Gasteiger charge is 2.32. The van der Waals surface area contributed by atoms with Crippen LogP contribution in [0.2, 0.25) is 0 Å². The number of hydrogen-bond acceptors (Lipinski definition) is 3. The molecule has 1 aromatic carbocycles. The molecule has 3 heterocycles. The highest BCUT2D eigenvalue weighted by Crippen LogP contribution is 2.41. The molecule has 4 rings (SSSR count). The smallest absolute Gasteiger partial charge is 0.222 e. The topological polar surface area (TPSA) is 39.4 Å². The fourth-order valence-electron chi connectivity index (χ4n) is 4.34. The molecule has 4 nitrogen and oxygen atoms in total. The molecule has 4 heteroatoms. The van der Waals surface area contributed by atoms with Crippen LogP contribution in [0.5, 0.6) is 0 Å². The quantitative estimate of drug-likeness (QED) is 0.526. The Hall–Kier alpha value is -2.62. The Labute approximate surface area is 167 Å². The maximum atomic E-state index is 5.86. The molecule has 0 fully saturated rings. The minimum atomic E-state index is -0.406. The van der Waals surface area contributed by atoms with E-state index in [4.69, 9.17) is 4.74 Å². The Morgan fingerprint density at radius 3 is 2.54 bits per heavy atom. The summed E-state index contributed by atoms with van der Waals surface area (Å²) >= 11 is 0. The number of aliphatic imine (C=N–C) groups is 1. The van der Waals surface area contributed by atoms with Crippen molar-refractivity contribution in [3.63, 3.8) is 0 Å². The summed E-state index contributed by atoms with van der Waals surface area (Å²) in [6.07, 6.45) is 5.36. The van der Waals surface area contributed by atoms with Crippen molar-refractivity contribution in [2.45, 2.75) is 58.6 Å². The molecule has 0 N–H and O–H groups in total. The molecule has 1 unspecified atom stereocenters. The van der Waals surface area contributed by atoms with Crippen LogP contribution in [0.4, 0.5) is 0 Å². The van der Waals surface area contributed by atoms with Gasteiger partial charge in [0.2, 0.25) is 5.90 Å². The molecule has 0 saturated heterocycles. The lowest BCUT2D eigenvalue weighted by Gasteiger charge is -2.32. The standard InChI is InChI=1S/C24H29N3O/c1-6-10-16(7-2)21-18-13-12-17(23-26-24(3,4)28-23)15-20(18)27(5)22(21)19-11-8-9-14-25-19/h8-9,11-16H,6-7,10H2,1-5H3. The first-order valence-corrected chi connectivity index (χ1v) is 10.3. The molecule has 1 atom stereocenters. The Balaban J connectivity index is 1.94. The number of ether oxygens (including phenoxy) is 1. The van der Waals surface area contributed by atoms with Crippen LogP contribution in [-0.4, -0.2) is 21.2 Å². The van der Waals surface area contributed by atoms with Crippen LogP contribution in [0.25, 0.3) is 22.3 Å². The summed E-state index contributed by atoms with van der Waals surface area (Å²) in [6, 6.07) is 12.7. The number of pyridine rings is 1. The fourth-order valence-corrected chi connectivity index (χ4v) is 4.34. The lowest BCUT2D eigenvalue weighted by atomic mass is 9.88. The van der Waals surface area contributed by atoms with E-state index >= 15 is 0 Å². The molecule has 3 aromatic rings. The number of fused-ring (bicyclic) bond motifs is 1. The second-order valence-electron chi connectivity index (χ2n) is 8.13. The minimum absolute atomic E-state index is 0.406. The molecular formula is C24H29N3O. The number of nitrogens with zero attached hydrogens (tertiary/aromatic N) is 3. The average molecular weight is 376 g/mol. The summed E-state index contributed by atoms with van der Waals surface area (Å²) < 4.78 is 8.15. The van der Waals surface area contributed by atoms with Crippen LogP contribution in [0, 0.1) is 0 Å². The van der Waals surface area contributed by atoms with Gasteiger partial charge in [0, 0.05) is 29.7 Å². The van der Waals surface area contributed by atoms with Crippen molar-refractivity contribution < 1.29 is 4.74 Å². The highest BCUT2D eigenvalue weighted by molar-refractivity contribution is 6.02. The van der Waals surface area contributed by atoms with Gasteiger partial charge >= 0.3 is 0 Å². The maximum Gasteiger partial charge on any atom is 0.222 e. The van der Waals surface area contributed by atoms with Crippen molar-refractivity contribution in [1.29, 1.82) is 0 Å². The molecule has 0 radical (unpaired) electrons. The Morgan fingerprint density at radius 1 is 1.14 bits per heavy atom. The van der Waals surface area contributed by atoms with Crippen molar-refractivity contribution in [3.05, 3.63) is 53.7 Å². The molecule has 1 aliphatic heterocycles. The van der Waals surface area contributed by atoms with E-state index in [0.717, 1.165) is 23.6 Å². The first kappa shape index (κ1) is 18.7. The van der Waals surface area contributed by atoms with Crippen molar-refractivity contribution in [2.24, 2.45) is 12.0 Å². The Kier molecular flexibility index (Phi) is 4.74. The Bertz CT molecular complexity index is 1030. The Morgan fingerprint density at radius 2 is 1.93 bits per heavy atom. The molecular weight excluding hydrogens is 346 g/mol. The number of aryl methyl sites for hydroxylation is 1. The van der Waals surface area contributed by atoms with E-state index < -0.39 is 5.72 Å². The molecule has 0 aliphatic carbocycles. The number of aromatic nitrogens is 2. The molecule has 1 aliphatic rings. The van der Waals surface area contributed by atoms with Gasteiger partial charge in [-0.3, -0.25) is 4.98 Å². The average Bonchev–Trinajstić information content (AvgIpc) is 2.97. The van der Waals surface area contributed by atoms with Crippen molar-refractivity contribution in [1.82, 2.24) is 9.55 Å². The van der Waals surface area contributed by atoms with E-state index in [1.165, 1.54) is 35.0 Å². The van der Waals surface area contributed by atoms with Crippen LogP contribution in [0.15, 0.2) is 47.6 Å². The largest absolute Gasteiger partial charge is 0.449 e. The molecule has 28 heavy (non-hydrogen) atoms. The molecule has 0 spiro atoms. The van der Waals surface area contributed by atoms with Gasteiger partial charge < -0.3 is 9.30 Å². The van der Waals surface area contributed by atoms with E-state index in [1.54, 1.807) is 0 Å². The van der Waals surface area contributed by atoms with E-state index in [0.29, 0.717) is 5.92 Å². The van der Waals surface area contributed by atoms with Gasteiger partial charge in [0.15, 0.2) is 5.72 Å². The van der Waals surface area contributed by atoms with Crippen LogP contribution in [0.1, 0.15) is 64.0 Å². The predicted molar refractivity (Wildman–Crippen MR) is 116 cm³/mol. The van der Waals surface area contributed by atoms with Crippen LogP contribution in [0.3, 0.4) is 0 Å². The molecule has 146 valence electrons. The SMILES string of the molecule is CCCC(CC)c1c(-c2ccccn2)n(C)c2cc(C3=NC(C)(C)O3)ccc12. The second-order valence-corrected chi connectivity index (χ2v) is 8.13. The van der Waals surface area contributed by atoms with E-state index in [2.05, 4.69) is 65.8 Å². The third-order valence-corrected chi connectivity index (χ3v) is 5.65. The van der Waals surface area contributed by atoms with E-state index in [9.17, 15) is 0 Å². The first-order chi connectivity index (χ1) is 13.4. The van der Waals surface area contributed by atoms with Crippen LogP contribution >= 0.6 is 0 Å². The zero-order chi connectivity index (χ0) is 19.9. The monoisotopic (exact) mass is 375 g/mol. The van der Waals surface area contributed by atoms with Gasteiger partial charge in [-0.1, -0.05) is 32.4 Å². The molecule has 0 amide bonds. The molecule has 0 bridgehead atoms. The number of hydrogen-bond donors (Lipinski definition) is 0. The first-order valence-electron chi connectivity index (χ1n) is 10.3. The summed E-state index contributed by atoms with van der Waals surface area (Å²) in [4.78, 5) is 9.28. The van der Waals surface area contributed by atoms with Crippen LogP contribution in [-0.2, 0) is 11.8 Å². The minimum Gasteiger partial charge on any atom is -0.449 e. The fraction of sp³-hybridized carbons (Fsp3) is 0.417. The van der Waals surface area contributed by atoms with Gasteiger partial charge in [0.05, 0.1) is 11.4 Å². The zero-order valence-corrected chi connectivity index (χ0v) is 17.5. The van der Waals surface area contributed by atoms with Gasteiger partial charge in [-0.05, 0) is 62.4 Å². The van der Waals surface area contributed by atoms with Gasteiger partial charge in [-0.15, -0.1) is 0 Å². The van der Waals surface area contributed by atoms with Crippen molar-refractivity contribution >= 4 is 16.8 Å². The van der Waals surface area contributed by atoms with Gasteiger partial charge in [-0.2, -0.15) is 0 Å². The normalized spacial score (nSPS) is 16.4. The lowest BCUT2D eigenvalue weighted by Crippen LogP contribution is -2.37. The third kappa shape index (κ3) is 3.11. The zero-order valence-electron chi connectivity index (χ0n) is 17.5. The second kappa shape index (κ2) is 7.08. The van der Waals surface area contributed by atoms with Gasteiger partial charge in [0.25, 0.3) is 0 Å². The van der Waals surface area contributed by atoms with E-state index in [-0.39, 0.29) is 0 Å². The number of rotatable bonds is 6. The third-order valence-electron chi connectivity index (χ3n) is 5.65. The molecule has 2 aromatic heterocycles. The van der Waals surface area contributed by atoms with E-state index in [1.807, 2.05) is 26.1 Å². The molecule has 0 saturated carbocycles. The highest BCUT2D eigenvalue weighted by atomic mass is 16.6. The predicted octanol–water partition coefficient (Wildman–Crippen LogP) is 6.05. The summed E-state index contributed by atoms with van der Waals surface area (Å²) in [5.74, 6) is 1.25. The summed E-state index contributed by atoms with van der Waals surface area (Å²) in [7, 11) is 2.14. The van der Waals surface area contributed by atoms with Crippen molar-refractivity contribution in [2.75, 3.05) is 0 Å². The van der Waals surface area contributed by atoms with Crippen molar-refractivity contribution in [3.8, 4) is 11.4 Å².